The van der Waals surface area contributed by atoms with Crippen LogP contribution in [0.4, 0.5) is 34.1 Å². The Labute approximate surface area is 504 Å². The summed E-state index contributed by atoms with van der Waals surface area (Å²) in [5, 5.41) is 0. The van der Waals surface area contributed by atoms with E-state index in [2.05, 4.69) is 372 Å². The zero-order valence-electron chi connectivity index (χ0n) is 48.7. The molecule has 0 amide bonds. The van der Waals surface area contributed by atoms with Crippen molar-refractivity contribution in [1.82, 2.24) is 18.3 Å². The van der Waals surface area contributed by atoms with Crippen LogP contribution in [0.25, 0.3) is 101 Å². The molecule has 0 aliphatic rings. The maximum Gasteiger partial charge on any atom is 0.0482 e. The largest absolute Gasteiger partial charge is 0.344 e. The molecular weight excluding hydrogens is 1040 g/mol. The second kappa shape index (κ2) is 22.9. The van der Waals surface area contributed by atoms with Gasteiger partial charge in [0.25, 0.3) is 0 Å². The van der Waals surface area contributed by atoms with E-state index in [4.69, 9.17) is 0 Å². The van der Waals surface area contributed by atoms with E-state index in [1.54, 1.807) is 0 Å². The van der Waals surface area contributed by atoms with Gasteiger partial charge in [-0.15, -0.1) is 0 Å². The first-order valence-electron chi connectivity index (χ1n) is 29.4. The molecule has 6 nitrogen and oxygen atoms in total. The third kappa shape index (κ3) is 10.1. The van der Waals surface area contributed by atoms with Gasteiger partial charge in [0.2, 0.25) is 0 Å². The number of nitrogens with zero attached hydrogens (tertiary/aromatic N) is 6. The molecule has 0 saturated heterocycles. The summed E-state index contributed by atoms with van der Waals surface area (Å²) in [5.74, 6) is 0. The lowest BCUT2D eigenvalue weighted by Gasteiger charge is -2.27. The van der Waals surface area contributed by atoms with Gasteiger partial charge in [0.05, 0.1) is 0 Å². The number of benzene rings is 10. The molecule has 6 heteroatoms. The van der Waals surface area contributed by atoms with Crippen molar-refractivity contribution in [3.63, 3.8) is 0 Å². The average Bonchev–Trinajstić information content (AvgIpc) is 4.58. The van der Waals surface area contributed by atoms with E-state index in [1.165, 1.54) is 67.8 Å². The fourth-order valence-electron chi connectivity index (χ4n) is 12.4. The predicted molar refractivity (Wildman–Crippen MR) is 361 cm³/mol. The minimum atomic E-state index is 1.07. The SMILES string of the molecule is Cn1c(-c2ccccc2)ccc1-c1ccc(N(c2ccc(-c3ccc(N(c4ccc(-c5ccc(-c6ccccc6)n5C)cc4)c4ccc(-c5ccc(-c6ccccc6)n5C)cc4)cc3)cc2)c2ccc(-c3ccc(-c4ccccc4)n3C)cc2)cc1. The lowest BCUT2D eigenvalue weighted by atomic mass is 10.0. The molecule has 0 atom stereocenters. The van der Waals surface area contributed by atoms with E-state index < -0.39 is 0 Å². The van der Waals surface area contributed by atoms with Gasteiger partial charge in [0.1, 0.15) is 0 Å². The molecule has 0 saturated carbocycles. The van der Waals surface area contributed by atoms with Gasteiger partial charge in [-0.05, 0) is 177 Å². The van der Waals surface area contributed by atoms with Crippen LogP contribution >= 0.6 is 0 Å². The molecule has 0 aliphatic carbocycles. The van der Waals surface area contributed by atoms with Crippen LogP contribution in [0.5, 0.6) is 0 Å². The molecule has 4 heterocycles. The van der Waals surface area contributed by atoms with Crippen LogP contribution in [-0.4, -0.2) is 18.3 Å². The number of hydrogen-bond donors (Lipinski definition) is 0. The summed E-state index contributed by atoms with van der Waals surface area (Å²) in [5.41, 5.74) is 27.6. The Hall–Kier alpha value is -11.1. The standard InChI is InChI=1S/C80H64N6/c1-81-73(59-17-9-5-10-18-59)49-53-77(81)63-29-41-69(42-30-63)85(70-43-31-64(32-44-70)78-54-50-74(82(78)2)60-19-11-6-12-20-60)67-37-25-57(26-38-67)58-27-39-68(40-28-58)86(71-45-33-65(34-46-71)79-55-51-75(83(79)3)61-21-13-7-14-22-61)72-47-35-66(36-48-72)80-56-52-76(84(80)4)62-23-15-8-16-24-62/h5-56H,1-4H3. The molecule has 14 rings (SSSR count). The average molecular weight is 1110 g/mol. The van der Waals surface area contributed by atoms with Gasteiger partial charge in [0, 0.05) is 108 Å². The summed E-state index contributed by atoms with van der Waals surface area (Å²) in [6.07, 6.45) is 0. The highest BCUT2D eigenvalue weighted by molar-refractivity contribution is 5.85. The first-order valence-corrected chi connectivity index (χ1v) is 29.4. The Morgan fingerprint density at radius 2 is 0.291 bits per heavy atom. The predicted octanol–water partition coefficient (Wildman–Crippen LogP) is 21.0. The number of anilines is 6. The molecule has 0 fully saturated rings. The van der Waals surface area contributed by atoms with E-state index in [-0.39, 0.29) is 0 Å². The van der Waals surface area contributed by atoms with Crippen LogP contribution in [-0.2, 0) is 28.2 Å². The molecule has 0 spiro atoms. The monoisotopic (exact) mass is 1110 g/mol. The van der Waals surface area contributed by atoms with Gasteiger partial charge in [-0.3, -0.25) is 0 Å². The first-order chi connectivity index (χ1) is 42.3. The van der Waals surface area contributed by atoms with Crippen LogP contribution in [0.15, 0.2) is 315 Å². The van der Waals surface area contributed by atoms with Gasteiger partial charge in [-0.25, -0.2) is 0 Å². The molecule has 14 aromatic rings. The minimum absolute atomic E-state index is 1.07. The van der Waals surface area contributed by atoms with Gasteiger partial charge in [0.15, 0.2) is 0 Å². The van der Waals surface area contributed by atoms with Crippen LogP contribution in [0.3, 0.4) is 0 Å². The summed E-state index contributed by atoms with van der Waals surface area (Å²) in [4.78, 5) is 4.71. The topological polar surface area (TPSA) is 26.2 Å². The van der Waals surface area contributed by atoms with Gasteiger partial charge >= 0.3 is 0 Å². The van der Waals surface area contributed by atoms with Crippen molar-refractivity contribution in [1.29, 1.82) is 0 Å². The highest BCUT2D eigenvalue weighted by Gasteiger charge is 2.19. The molecule has 10 aromatic carbocycles. The van der Waals surface area contributed by atoms with Gasteiger partial charge in [-0.2, -0.15) is 0 Å². The molecule has 414 valence electrons. The van der Waals surface area contributed by atoms with Crippen molar-refractivity contribution >= 4 is 34.1 Å². The van der Waals surface area contributed by atoms with Crippen LogP contribution < -0.4 is 9.80 Å². The zero-order chi connectivity index (χ0) is 58.1. The van der Waals surface area contributed by atoms with E-state index in [0.29, 0.717) is 0 Å². The normalized spacial score (nSPS) is 11.3. The Morgan fingerprint density at radius 3 is 0.453 bits per heavy atom. The maximum atomic E-state index is 2.36. The quantitative estimate of drug-likeness (QED) is 0.102. The van der Waals surface area contributed by atoms with Crippen LogP contribution in [0, 0.1) is 0 Å². The maximum absolute atomic E-state index is 2.36. The van der Waals surface area contributed by atoms with Crippen molar-refractivity contribution in [2.45, 2.75) is 0 Å². The Bertz CT molecular complexity index is 4040. The fourth-order valence-corrected chi connectivity index (χ4v) is 12.4. The molecule has 0 aliphatic heterocycles. The molecule has 0 unspecified atom stereocenters. The summed E-state index contributed by atoms with van der Waals surface area (Å²) >= 11 is 0. The molecule has 4 aromatic heterocycles. The van der Waals surface area contributed by atoms with Gasteiger partial charge < -0.3 is 28.1 Å². The summed E-state index contributed by atoms with van der Waals surface area (Å²) in [6.45, 7) is 0. The van der Waals surface area contributed by atoms with Crippen molar-refractivity contribution in [3.8, 4) is 101 Å². The lowest BCUT2D eigenvalue weighted by Crippen LogP contribution is -2.10. The molecule has 86 heavy (non-hydrogen) atoms. The lowest BCUT2D eigenvalue weighted by molar-refractivity contribution is 0.946. The summed E-state index contributed by atoms with van der Waals surface area (Å²) < 4.78 is 9.13. The Kier molecular flexibility index (Phi) is 14.1. The summed E-state index contributed by atoms with van der Waals surface area (Å²) in [7, 11) is 8.60. The van der Waals surface area contributed by atoms with Crippen molar-refractivity contribution in [3.05, 3.63) is 315 Å². The molecule has 0 N–H and O–H groups in total. The zero-order valence-corrected chi connectivity index (χ0v) is 48.7. The smallest absolute Gasteiger partial charge is 0.0482 e. The van der Waals surface area contributed by atoms with Gasteiger partial charge in [-0.1, -0.05) is 194 Å². The van der Waals surface area contributed by atoms with Crippen molar-refractivity contribution in [2.75, 3.05) is 9.80 Å². The first kappa shape index (κ1) is 53.0. The van der Waals surface area contributed by atoms with E-state index in [0.717, 1.165) is 67.5 Å². The second-order valence-corrected chi connectivity index (χ2v) is 22.1. The Balaban J connectivity index is 0.781. The van der Waals surface area contributed by atoms with E-state index in [9.17, 15) is 0 Å². The fraction of sp³-hybridized carbons (Fsp3) is 0.0500. The third-order valence-corrected chi connectivity index (χ3v) is 17.0. The minimum Gasteiger partial charge on any atom is -0.344 e. The van der Waals surface area contributed by atoms with Crippen molar-refractivity contribution < 1.29 is 0 Å². The second-order valence-electron chi connectivity index (χ2n) is 22.1. The highest BCUT2D eigenvalue weighted by atomic mass is 15.1. The van der Waals surface area contributed by atoms with Crippen molar-refractivity contribution in [2.24, 2.45) is 28.2 Å². The van der Waals surface area contributed by atoms with Crippen LogP contribution in [0.1, 0.15) is 0 Å². The summed E-state index contributed by atoms with van der Waals surface area (Å²) in [6, 6.07) is 114. The number of hydrogen-bond acceptors (Lipinski definition) is 2. The number of rotatable bonds is 15. The van der Waals surface area contributed by atoms with E-state index in [1.807, 2.05) is 0 Å². The molecule has 0 bridgehead atoms. The molecule has 0 radical (unpaired) electrons. The third-order valence-electron chi connectivity index (χ3n) is 17.0. The highest BCUT2D eigenvalue weighted by Crippen LogP contribution is 2.42. The van der Waals surface area contributed by atoms with Crippen LogP contribution in [0.2, 0.25) is 0 Å². The van der Waals surface area contributed by atoms with E-state index >= 15 is 0 Å². The Morgan fingerprint density at radius 1 is 0.151 bits per heavy atom. The molecular formula is C80H64N6. The number of aromatic nitrogens is 4.